The molecule has 2 aromatic carbocycles. The number of rotatable bonds is 5. The van der Waals surface area contributed by atoms with Crippen LogP contribution in [-0.4, -0.2) is 15.2 Å². The zero-order chi connectivity index (χ0) is 15.2. The highest BCUT2D eigenvalue weighted by Gasteiger charge is 2.03. The maximum absolute atomic E-state index is 6.12. The van der Waals surface area contributed by atoms with Gasteiger partial charge >= 0.3 is 0 Å². The first-order valence-electron chi connectivity index (χ1n) is 6.80. The zero-order valence-electron chi connectivity index (χ0n) is 11.7. The van der Waals surface area contributed by atoms with E-state index in [1.807, 2.05) is 54.6 Å². The minimum absolute atomic E-state index is 0.445. The summed E-state index contributed by atoms with van der Waals surface area (Å²) in [6.45, 7) is 0.538. The summed E-state index contributed by atoms with van der Waals surface area (Å²) in [7, 11) is 0. The molecule has 1 aromatic heterocycles. The molecule has 0 radical (unpaired) electrons. The molecule has 3 rings (SSSR count). The molecule has 0 atom stereocenters. The van der Waals surface area contributed by atoms with Crippen molar-refractivity contribution in [3.8, 4) is 0 Å². The first kappa shape index (κ1) is 14.3. The molecule has 0 fully saturated rings. The third-order valence-electron chi connectivity index (χ3n) is 3.00. The topological polar surface area (TPSA) is 62.7 Å². The van der Waals surface area contributed by atoms with Crippen LogP contribution in [0.25, 0.3) is 0 Å². The molecule has 0 unspecified atom stereocenters. The molecule has 5 nitrogen and oxygen atoms in total. The minimum Gasteiger partial charge on any atom is -0.349 e. The van der Waals surface area contributed by atoms with Crippen molar-refractivity contribution < 1.29 is 0 Å². The molecule has 2 N–H and O–H groups in total. The average molecular weight is 312 g/mol. The quantitative estimate of drug-likeness (QED) is 0.748. The van der Waals surface area contributed by atoms with E-state index < -0.39 is 0 Å². The number of nitrogens with zero attached hydrogens (tertiary/aromatic N) is 3. The molecule has 0 aliphatic heterocycles. The second-order valence-corrected chi connectivity index (χ2v) is 5.01. The highest BCUT2D eigenvalue weighted by Crippen LogP contribution is 2.17. The standard InChI is InChI=1S/C16H14ClN5/c17-14-9-5-4-6-12(14)10-18-16-21-15(11-19-22-16)20-13-7-2-1-3-8-13/h1-9,11H,10H2,(H2,18,20,21,22). The van der Waals surface area contributed by atoms with Crippen LogP contribution in [0, 0.1) is 0 Å². The van der Waals surface area contributed by atoms with Crippen LogP contribution in [0.1, 0.15) is 5.56 Å². The van der Waals surface area contributed by atoms with E-state index >= 15 is 0 Å². The van der Waals surface area contributed by atoms with Crippen molar-refractivity contribution in [2.24, 2.45) is 0 Å². The second-order valence-electron chi connectivity index (χ2n) is 4.60. The minimum atomic E-state index is 0.445. The van der Waals surface area contributed by atoms with Crippen molar-refractivity contribution in [3.63, 3.8) is 0 Å². The van der Waals surface area contributed by atoms with Gasteiger partial charge in [0.15, 0.2) is 5.82 Å². The second kappa shape index (κ2) is 6.87. The predicted octanol–water partition coefficient (Wildman–Crippen LogP) is 3.88. The van der Waals surface area contributed by atoms with Crippen molar-refractivity contribution in [2.75, 3.05) is 10.6 Å². The fraction of sp³-hybridized carbons (Fsp3) is 0.0625. The van der Waals surface area contributed by atoms with E-state index in [4.69, 9.17) is 11.6 Å². The molecular formula is C16H14ClN5. The summed E-state index contributed by atoms with van der Waals surface area (Å²) < 4.78 is 0. The Balaban J connectivity index is 1.68. The van der Waals surface area contributed by atoms with Crippen LogP contribution in [0.2, 0.25) is 5.02 Å². The summed E-state index contributed by atoms with van der Waals surface area (Å²) in [6.07, 6.45) is 1.58. The third-order valence-corrected chi connectivity index (χ3v) is 3.37. The average Bonchev–Trinajstić information content (AvgIpc) is 2.55. The van der Waals surface area contributed by atoms with Crippen molar-refractivity contribution in [1.82, 2.24) is 15.2 Å². The Labute approximate surface area is 133 Å². The van der Waals surface area contributed by atoms with Crippen molar-refractivity contribution in [3.05, 3.63) is 71.4 Å². The van der Waals surface area contributed by atoms with Crippen LogP contribution in [-0.2, 0) is 6.54 Å². The number of benzene rings is 2. The van der Waals surface area contributed by atoms with Gasteiger partial charge in [-0.3, -0.25) is 0 Å². The Bertz CT molecular complexity index is 748. The van der Waals surface area contributed by atoms with Gasteiger partial charge in [-0.2, -0.15) is 10.1 Å². The maximum atomic E-state index is 6.12. The first-order chi connectivity index (χ1) is 10.8. The van der Waals surface area contributed by atoms with E-state index in [0.29, 0.717) is 23.3 Å². The predicted molar refractivity (Wildman–Crippen MR) is 88.3 cm³/mol. The SMILES string of the molecule is Clc1ccccc1CNc1nncc(Nc2ccccc2)n1. The molecule has 0 aliphatic rings. The molecule has 1 heterocycles. The van der Waals surface area contributed by atoms with Crippen molar-refractivity contribution >= 4 is 29.1 Å². The van der Waals surface area contributed by atoms with Gasteiger partial charge in [-0.1, -0.05) is 48.0 Å². The summed E-state index contributed by atoms with van der Waals surface area (Å²) in [5.41, 5.74) is 1.93. The number of para-hydroxylation sites is 1. The van der Waals surface area contributed by atoms with Gasteiger partial charge < -0.3 is 10.6 Å². The molecule has 0 amide bonds. The van der Waals surface area contributed by atoms with Gasteiger partial charge in [0.1, 0.15) is 0 Å². The van der Waals surface area contributed by atoms with Gasteiger partial charge in [0.2, 0.25) is 5.95 Å². The molecule has 0 aliphatic carbocycles. The molecule has 0 bridgehead atoms. The number of hydrogen-bond acceptors (Lipinski definition) is 5. The van der Waals surface area contributed by atoms with Gasteiger partial charge in [-0.05, 0) is 23.8 Å². The molecular weight excluding hydrogens is 298 g/mol. The van der Waals surface area contributed by atoms with E-state index in [1.54, 1.807) is 6.20 Å². The Morgan fingerprint density at radius 2 is 1.73 bits per heavy atom. The van der Waals surface area contributed by atoms with Gasteiger partial charge in [-0.25, -0.2) is 0 Å². The summed E-state index contributed by atoms with van der Waals surface area (Å²) in [4.78, 5) is 4.37. The summed E-state index contributed by atoms with van der Waals surface area (Å²) in [5, 5.41) is 14.9. The molecule has 0 saturated carbocycles. The largest absolute Gasteiger partial charge is 0.349 e. The molecule has 3 aromatic rings. The van der Waals surface area contributed by atoms with Crippen molar-refractivity contribution in [1.29, 1.82) is 0 Å². The number of nitrogens with one attached hydrogen (secondary N) is 2. The highest BCUT2D eigenvalue weighted by molar-refractivity contribution is 6.31. The van der Waals surface area contributed by atoms with E-state index in [2.05, 4.69) is 25.8 Å². The molecule has 110 valence electrons. The summed E-state index contributed by atoms with van der Waals surface area (Å²) in [6, 6.07) is 17.4. The lowest BCUT2D eigenvalue weighted by Crippen LogP contribution is -2.06. The Morgan fingerprint density at radius 3 is 2.55 bits per heavy atom. The summed E-state index contributed by atoms with van der Waals surface area (Å²) >= 11 is 6.12. The van der Waals surface area contributed by atoms with Crippen LogP contribution >= 0.6 is 11.6 Å². The molecule has 22 heavy (non-hydrogen) atoms. The van der Waals surface area contributed by atoms with Crippen LogP contribution in [0.5, 0.6) is 0 Å². The van der Waals surface area contributed by atoms with Gasteiger partial charge in [0.25, 0.3) is 0 Å². The lowest BCUT2D eigenvalue weighted by molar-refractivity contribution is 0.949. The lowest BCUT2D eigenvalue weighted by Gasteiger charge is -2.08. The van der Waals surface area contributed by atoms with Crippen LogP contribution in [0.15, 0.2) is 60.8 Å². The van der Waals surface area contributed by atoms with Crippen LogP contribution in [0.4, 0.5) is 17.5 Å². The van der Waals surface area contributed by atoms with Crippen LogP contribution in [0.3, 0.4) is 0 Å². The smallest absolute Gasteiger partial charge is 0.244 e. The molecule has 0 saturated heterocycles. The Kier molecular flexibility index (Phi) is 4.46. The lowest BCUT2D eigenvalue weighted by atomic mass is 10.2. The van der Waals surface area contributed by atoms with Crippen LogP contribution < -0.4 is 10.6 Å². The van der Waals surface area contributed by atoms with Crippen molar-refractivity contribution in [2.45, 2.75) is 6.54 Å². The number of hydrogen-bond donors (Lipinski definition) is 2. The van der Waals surface area contributed by atoms with Gasteiger partial charge in [0, 0.05) is 17.3 Å². The van der Waals surface area contributed by atoms with Gasteiger partial charge in [0.05, 0.1) is 6.20 Å². The fourth-order valence-electron chi connectivity index (χ4n) is 1.92. The highest BCUT2D eigenvalue weighted by atomic mass is 35.5. The number of halogens is 1. The maximum Gasteiger partial charge on any atom is 0.244 e. The first-order valence-corrected chi connectivity index (χ1v) is 7.18. The Hall–Kier alpha value is -2.66. The van der Waals surface area contributed by atoms with E-state index in [1.165, 1.54) is 0 Å². The fourth-order valence-corrected chi connectivity index (χ4v) is 2.13. The van der Waals surface area contributed by atoms with Gasteiger partial charge in [-0.15, -0.1) is 5.10 Å². The number of anilines is 3. The molecule has 6 heteroatoms. The van der Waals surface area contributed by atoms with E-state index in [9.17, 15) is 0 Å². The monoisotopic (exact) mass is 311 g/mol. The van der Waals surface area contributed by atoms with E-state index in [0.717, 1.165) is 11.3 Å². The number of aromatic nitrogens is 3. The normalized spacial score (nSPS) is 10.2. The molecule has 0 spiro atoms. The summed E-state index contributed by atoms with van der Waals surface area (Å²) in [5.74, 6) is 1.07. The zero-order valence-corrected chi connectivity index (χ0v) is 12.5. The van der Waals surface area contributed by atoms with E-state index in [-0.39, 0.29) is 0 Å². The third kappa shape index (κ3) is 3.71. The Morgan fingerprint density at radius 1 is 0.955 bits per heavy atom.